The molecule has 0 fully saturated rings. The van der Waals surface area contributed by atoms with E-state index in [0.29, 0.717) is 5.56 Å². The highest BCUT2D eigenvalue weighted by atomic mass is 79.9. The van der Waals surface area contributed by atoms with Crippen LogP contribution in [0.4, 0.5) is 0 Å². The summed E-state index contributed by atoms with van der Waals surface area (Å²) in [5.41, 5.74) is 0.427. The molecule has 0 saturated carbocycles. The molecule has 0 bridgehead atoms. The average Bonchev–Trinajstić information content (AvgIpc) is 2.42. The predicted molar refractivity (Wildman–Crippen MR) is 77.3 cm³/mol. The Hall–Kier alpha value is -1.69. The van der Waals surface area contributed by atoms with Crippen LogP contribution in [0.15, 0.2) is 28.7 Å². The van der Waals surface area contributed by atoms with Crippen LogP contribution in [0, 0.1) is 0 Å². The lowest BCUT2D eigenvalue weighted by molar-refractivity contribution is -0.143. The van der Waals surface area contributed by atoms with E-state index in [4.69, 9.17) is 0 Å². The Morgan fingerprint density at radius 3 is 2.60 bits per heavy atom. The molecule has 0 radical (unpaired) electrons. The summed E-state index contributed by atoms with van der Waals surface area (Å²) in [4.78, 5) is 34.6. The maximum Gasteiger partial charge on any atom is 0.328 e. The third-order valence-electron chi connectivity index (χ3n) is 2.66. The highest BCUT2D eigenvalue weighted by molar-refractivity contribution is 9.10. The van der Waals surface area contributed by atoms with E-state index in [-0.39, 0.29) is 24.5 Å². The lowest BCUT2D eigenvalue weighted by Crippen LogP contribution is -2.41. The fourth-order valence-electron chi connectivity index (χ4n) is 1.61. The van der Waals surface area contributed by atoms with Crippen LogP contribution in [0.25, 0.3) is 0 Å². The first-order valence-corrected chi connectivity index (χ1v) is 6.87. The van der Waals surface area contributed by atoms with Crippen LogP contribution in [0.1, 0.15) is 30.1 Å². The summed E-state index contributed by atoms with van der Waals surface area (Å²) in [6.45, 7) is 1.43. The van der Waals surface area contributed by atoms with Crippen molar-refractivity contribution < 1.29 is 19.1 Å². The fraction of sp³-hybridized carbons (Fsp3) is 0.357. The van der Waals surface area contributed by atoms with Gasteiger partial charge in [-0.25, -0.2) is 4.79 Å². The Balaban J connectivity index is 2.75. The molecule has 0 aromatic heterocycles. The second-order valence-corrected chi connectivity index (χ2v) is 5.22. The van der Waals surface area contributed by atoms with Crippen LogP contribution < -0.4 is 5.32 Å². The molecule has 1 aromatic carbocycles. The lowest BCUT2D eigenvalue weighted by Gasteiger charge is -2.16. The molecule has 5 nitrogen and oxygen atoms in total. The van der Waals surface area contributed by atoms with Gasteiger partial charge in [-0.15, -0.1) is 0 Å². The number of nitrogens with one attached hydrogen (secondary N) is 1. The summed E-state index contributed by atoms with van der Waals surface area (Å²) < 4.78 is 5.40. The number of hydrogen-bond acceptors (Lipinski definition) is 4. The van der Waals surface area contributed by atoms with Crippen molar-refractivity contribution in [3.05, 3.63) is 34.3 Å². The first-order chi connectivity index (χ1) is 9.43. The second kappa shape index (κ2) is 7.79. The maximum absolute atomic E-state index is 12.0. The Bertz CT molecular complexity index is 516. The summed E-state index contributed by atoms with van der Waals surface area (Å²) in [5, 5.41) is 2.58. The first-order valence-electron chi connectivity index (χ1n) is 6.07. The van der Waals surface area contributed by atoms with E-state index in [0.717, 1.165) is 4.47 Å². The number of ketones is 1. The van der Waals surface area contributed by atoms with Gasteiger partial charge in [0.05, 0.1) is 7.11 Å². The van der Waals surface area contributed by atoms with Crippen LogP contribution in [0.3, 0.4) is 0 Å². The molecule has 0 aliphatic rings. The van der Waals surface area contributed by atoms with Crippen molar-refractivity contribution in [2.24, 2.45) is 0 Å². The normalized spacial score (nSPS) is 11.6. The van der Waals surface area contributed by atoms with Gasteiger partial charge in [0.1, 0.15) is 11.8 Å². The molecule has 0 spiro atoms. The molecule has 20 heavy (non-hydrogen) atoms. The van der Waals surface area contributed by atoms with Gasteiger partial charge in [0.15, 0.2) is 0 Å². The molecule has 0 heterocycles. The van der Waals surface area contributed by atoms with Crippen LogP contribution in [0.5, 0.6) is 0 Å². The second-order valence-electron chi connectivity index (χ2n) is 4.30. The van der Waals surface area contributed by atoms with E-state index in [9.17, 15) is 14.4 Å². The zero-order chi connectivity index (χ0) is 15.1. The predicted octanol–water partition coefficient (Wildman–Crippen LogP) is 2.09. The number of Topliss-reactive ketones (excluding diaryl/α,β-unsaturated/α-hetero) is 1. The molecule has 1 rings (SSSR count). The Morgan fingerprint density at radius 1 is 1.35 bits per heavy atom. The van der Waals surface area contributed by atoms with Gasteiger partial charge in [-0.3, -0.25) is 4.79 Å². The SMILES string of the molecule is COC(=O)[C@@H](CCC(C)=O)NC(=O)c1cccc(Br)c1. The number of esters is 1. The molecule has 1 amide bonds. The maximum atomic E-state index is 12.0. The minimum atomic E-state index is -0.824. The van der Waals surface area contributed by atoms with Crippen LogP contribution in [-0.4, -0.2) is 30.8 Å². The zero-order valence-corrected chi connectivity index (χ0v) is 12.9. The summed E-state index contributed by atoms with van der Waals surface area (Å²) in [7, 11) is 1.24. The van der Waals surface area contributed by atoms with Gasteiger partial charge in [0.2, 0.25) is 0 Å². The van der Waals surface area contributed by atoms with Crippen molar-refractivity contribution >= 4 is 33.6 Å². The molecular formula is C14H16BrNO4. The monoisotopic (exact) mass is 341 g/mol. The third-order valence-corrected chi connectivity index (χ3v) is 3.16. The van der Waals surface area contributed by atoms with Gasteiger partial charge in [-0.2, -0.15) is 0 Å². The van der Waals surface area contributed by atoms with E-state index in [1.807, 2.05) is 0 Å². The van der Waals surface area contributed by atoms with E-state index < -0.39 is 12.0 Å². The van der Waals surface area contributed by atoms with Crippen molar-refractivity contribution in [3.63, 3.8) is 0 Å². The van der Waals surface area contributed by atoms with Crippen LogP contribution in [0.2, 0.25) is 0 Å². The van der Waals surface area contributed by atoms with Gasteiger partial charge in [0, 0.05) is 16.5 Å². The minimum Gasteiger partial charge on any atom is -0.467 e. The first kappa shape index (κ1) is 16.4. The molecule has 108 valence electrons. The largest absolute Gasteiger partial charge is 0.467 e. The number of hydrogen-bond donors (Lipinski definition) is 1. The lowest BCUT2D eigenvalue weighted by atomic mass is 10.1. The highest BCUT2D eigenvalue weighted by Crippen LogP contribution is 2.12. The Kier molecular flexibility index (Phi) is 6.38. The van der Waals surface area contributed by atoms with Gasteiger partial charge >= 0.3 is 5.97 Å². The fourth-order valence-corrected chi connectivity index (χ4v) is 2.01. The topological polar surface area (TPSA) is 72.5 Å². The summed E-state index contributed by atoms with van der Waals surface area (Å²) >= 11 is 3.27. The molecule has 0 saturated heterocycles. The summed E-state index contributed by atoms with van der Waals surface area (Å²) in [6, 6.07) is 5.98. The van der Waals surface area contributed by atoms with Crippen molar-refractivity contribution in [3.8, 4) is 0 Å². The van der Waals surface area contributed by atoms with Crippen molar-refractivity contribution in [2.45, 2.75) is 25.8 Å². The number of ether oxygens (including phenoxy) is 1. The smallest absolute Gasteiger partial charge is 0.328 e. The summed E-state index contributed by atoms with van der Waals surface area (Å²) in [5.74, 6) is -0.990. The van der Waals surface area contributed by atoms with Gasteiger partial charge in [-0.1, -0.05) is 22.0 Å². The van der Waals surface area contributed by atoms with Gasteiger partial charge in [-0.05, 0) is 31.5 Å². The van der Waals surface area contributed by atoms with Crippen molar-refractivity contribution in [2.75, 3.05) is 7.11 Å². The molecule has 6 heteroatoms. The van der Waals surface area contributed by atoms with Gasteiger partial charge in [0.25, 0.3) is 5.91 Å². The number of carbonyl (C=O) groups is 3. The molecule has 1 atom stereocenters. The summed E-state index contributed by atoms with van der Waals surface area (Å²) in [6.07, 6.45) is 0.431. The van der Waals surface area contributed by atoms with Crippen LogP contribution >= 0.6 is 15.9 Å². The minimum absolute atomic E-state index is 0.0457. The molecule has 1 aromatic rings. The molecule has 1 N–H and O–H groups in total. The van der Waals surface area contributed by atoms with E-state index in [1.54, 1.807) is 24.3 Å². The van der Waals surface area contributed by atoms with Crippen LogP contribution in [-0.2, 0) is 14.3 Å². The molecule has 0 unspecified atom stereocenters. The Labute approximate surface area is 125 Å². The number of rotatable bonds is 6. The Morgan fingerprint density at radius 2 is 2.05 bits per heavy atom. The van der Waals surface area contributed by atoms with E-state index >= 15 is 0 Å². The number of benzene rings is 1. The standard InChI is InChI=1S/C14H16BrNO4/c1-9(17)6-7-12(14(19)20-2)16-13(18)10-4-3-5-11(15)8-10/h3-5,8,12H,6-7H2,1-2H3,(H,16,18)/t12-/m1/s1. The highest BCUT2D eigenvalue weighted by Gasteiger charge is 2.22. The molecular weight excluding hydrogens is 326 g/mol. The van der Waals surface area contributed by atoms with E-state index in [2.05, 4.69) is 26.0 Å². The van der Waals surface area contributed by atoms with Gasteiger partial charge < -0.3 is 14.8 Å². The zero-order valence-electron chi connectivity index (χ0n) is 11.3. The number of halogens is 1. The molecule has 0 aliphatic carbocycles. The third kappa shape index (κ3) is 5.13. The van der Waals surface area contributed by atoms with E-state index in [1.165, 1.54) is 14.0 Å². The number of methoxy groups -OCH3 is 1. The average molecular weight is 342 g/mol. The number of amides is 1. The molecule has 0 aliphatic heterocycles. The van der Waals surface area contributed by atoms with Crippen molar-refractivity contribution in [1.82, 2.24) is 5.32 Å². The van der Waals surface area contributed by atoms with Crippen molar-refractivity contribution in [1.29, 1.82) is 0 Å². The quantitative estimate of drug-likeness (QED) is 0.804. The number of carbonyl (C=O) groups excluding carboxylic acids is 3.